The molecule has 0 spiro atoms. The largest absolute Gasteiger partial charge is 0.344 e. The monoisotopic (exact) mass is 166 g/mol. The number of hydrogen-bond acceptors (Lipinski definition) is 2. The number of carbonyl (C=O) groups is 1. The van der Waals surface area contributed by atoms with Gasteiger partial charge in [-0.3, -0.25) is 4.79 Å². The van der Waals surface area contributed by atoms with E-state index in [2.05, 4.69) is 17.2 Å². The Morgan fingerprint density at radius 1 is 1.75 bits per heavy atom. The zero-order chi connectivity index (χ0) is 8.97. The lowest BCUT2D eigenvalue weighted by Crippen LogP contribution is -2.31. The quantitative estimate of drug-likeness (QED) is 0.578. The first kappa shape index (κ1) is 9.08. The van der Waals surface area contributed by atoms with Crippen molar-refractivity contribution in [2.75, 3.05) is 20.1 Å². The Morgan fingerprint density at radius 2 is 2.50 bits per heavy atom. The second-order valence-electron chi connectivity index (χ2n) is 2.98. The van der Waals surface area contributed by atoms with E-state index in [0.29, 0.717) is 19.0 Å². The number of carbonyl (C=O) groups excluding carboxylic acids is 1. The standard InChI is InChI=1S/C9H14N2O/c1-3-4-5-10-8-6-9(12)11(2)7-8/h8,10H,5-7H2,1-2H3. The molecule has 0 bridgehead atoms. The van der Waals surface area contributed by atoms with Crippen molar-refractivity contribution in [3.05, 3.63) is 0 Å². The van der Waals surface area contributed by atoms with Crippen molar-refractivity contribution in [1.82, 2.24) is 10.2 Å². The van der Waals surface area contributed by atoms with Crippen molar-refractivity contribution >= 4 is 5.91 Å². The highest BCUT2D eigenvalue weighted by atomic mass is 16.2. The molecule has 1 atom stereocenters. The number of hydrogen-bond donors (Lipinski definition) is 1. The smallest absolute Gasteiger partial charge is 0.224 e. The maximum atomic E-state index is 11.1. The maximum Gasteiger partial charge on any atom is 0.224 e. The summed E-state index contributed by atoms with van der Waals surface area (Å²) in [5.74, 6) is 5.94. The van der Waals surface area contributed by atoms with Crippen LogP contribution in [0.1, 0.15) is 13.3 Å². The Hall–Kier alpha value is -1.01. The molecular weight excluding hydrogens is 152 g/mol. The van der Waals surface area contributed by atoms with Crippen molar-refractivity contribution in [2.45, 2.75) is 19.4 Å². The number of nitrogens with one attached hydrogen (secondary N) is 1. The average molecular weight is 166 g/mol. The highest BCUT2D eigenvalue weighted by molar-refractivity contribution is 5.78. The first-order chi connectivity index (χ1) is 5.74. The Morgan fingerprint density at radius 3 is 3.00 bits per heavy atom. The summed E-state index contributed by atoms with van der Waals surface area (Å²) in [4.78, 5) is 12.8. The minimum absolute atomic E-state index is 0.219. The molecule has 0 aromatic rings. The predicted molar refractivity (Wildman–Crippen MR) is 47.5 cm³/mol. The van der Waals surface area contributed by atoms with Crippen LogP contribution in [0.4, 0.5) is 0 Å². The Balaban J connectivity index is 2.26. The van der Waals surface area contributed by atoms with Crippen molar-refractivity contribution in [1.29, 1.82) is 0 Å². The molecule has 1 aliphatic heterocycles. The lowest BCUT2D eigenvalue weighted by Gasteiger charge is -2.09. The minimum atomic E-state index is 0.219. The van der Waals surface area contributed by atoms with Crippen LogP contribution in [0.3, 0.4) is 0 Å². The topological polar surface area (TPSA) is 32.3 Å². The summed E-state index contributed by atoms with van der Waals surface area (Å²) in [6.45, 7) is 3.31. The molecule has 0 radical (unpaired) electrons. The molecule has 0 aliphatic carbocycles. The van der Waals surface area contributed by atoms with Crippen LogP contribution in [-0.4, -0.2) is 37.0 Å². The van der Waals surface area contributed by atoms with Crippen LogP contribution in [0.2, 0.25) is 0 Å². The highest BCUT2D eigenvalue weighted by Gasteiger charge is 2.25. The predicted octanol–water partition coefficient (Wildman–Crippen LogP) is -0.170. The molecule has 0 aromatic heterocycles. The highest BCUT2D eigenvalue weighted by Crippen LogP contribution is 2.07. The van der Waals surface area contributed by atoms with E-state index in [1.54, 1.807) is 4.90 Å². The summed E-state index contributed by atoms with van der Waals surface area (Å²) in [6.07, 6.45) is 0.613. The molecule has 1 aliphatic rings. The summed E-state index contributed by atoms with van der Waals surface area (Å²) in [7, 11) is 1.83. The molecule has 1 heterocycles. The van der Waals surface area contributed by atoms with Crippen molar-refractivity contribution in [3.63, 3.8) is 0 Å². The molecule has 0 aromatic carbocycles. The molecule has 1 amide bonds. The maximum absolute atomic E-state index is 11.1. The third kappa shape index (κ3) is 2.24. The van der Waals surface area contributed by atoms with Gasteiger partial charge >= 0.3 is 0 Å². The van der Waals surface area contributed by atoms with Crippen LogP contribution < -0.4 is 5.32 Å². The molecular formula is C9H14N2O. The zero-order valence-corrected chi connectivity index (χ0v) is 7.55. The van der Waals surface area contributed by atoms with Gasteiger partial charge in [-0.05, 0) is 6.92 Å². The van der Waals surface area contributed by atoms with Crippen LogP contribution in [-0.2, 0) is 4.79 Å². The van der Waals surface area contributed by atoms with E-state index >= 15 is 0 Å². The third-order valence-corrected chi connectivity index (χ3v) is 2.00. The van der Waals surface area contributed by atoms with E-state index in [1.807, 2.05) is 14.0 Å². The second-order valence-corrected chi connectivity index (χ2v) is 2.98. The van der Waals surface area contributed by atoms with E-state index in [0.717, 1.165) is 6.54 Å². The first-order valence-electron chi connectivity index (χ1n) is 4.11. The summed E-state index contributed by atoms with van der Waals surface area (Å²) >= 11 is 0. The SMILES string of the molecule is CC#CCNC1CC(=O)N(C)C1. The molecule has 1 rings (SSSR count). The van der Waals surface area contributed by atoms with Gasteiger partial charge in [-0.25, -0.2) is 0 Å². The van der Waals surface area contributed by atoms with Crippen molar-refractivity contribution in [3.8, 4) is 11.8 Å². The number of nitrogens with zero attached hydrogens (tertiary/aromatic N) is 1. The Labute approximate surface area is 73.1 Å². The van der Waals surface area contributed by atoms with Gasteiger partial charge < -0.3 is 10.2 Å². The lowest BCUT2D eigenvalue weighted by atomic mass is 10.2. The average Bonchev–Trinajstić information content (AvgIpc) is 2.32. The van der Waals surface area contributed by atoms with Crippen LogP contribution in [0.25, 0.3) is 0 Å². The summed E-state index contributed by atoms with van der Waals surface area (Å²) < 4.78 is 0. The molecule has 1 fully saturated rings. The second kappa shape index (κ2) is 4.13. The van der Waals surface area contributed by atoms with Crippen molar-refractivity contribution < 1.29 is 4.79 Å². The van der Waals surface area contributed by atoms with Crippen LogP contribution in [0.5, 0.6) is 0 Å². The van der Waals surface area contributed by atoms with Gasteiger partial charge in [0.1, 0.15) is 0 Å². The zero-order valence-electron chi connectivity index (χ0n) is 7.55. The molecule has 12 heavy (non-hydrogen) atoms. The van der Waals surface area contributed by atoms with E-state index in [1.165, 1.54) is 0 Å². The molecule has 66 valence electrons. The minimum Gasteiger partial charge on any atom is -0.344 e. The van der Waals surface area contributed by atoms with Gasteiger partial charge in [0, 0.05) is 26.1 Å². The van der Waals surface area contributed by atoms with Crippen LogP contribution >= 0.6 is 0 Å². The first-order valence-corrected chi connectivity index (χ1v) is 4.11. The van der Waals surface area contributed by atoms with E-state index < -0.39 is 0 Å². The van der Waals surface area contributed by atoms with Gasteiger partial charge in [0.05, 0.1) is 6.54 Å². The van der Waals surface area contributed by atoms with Gasteiger partial charge in [-0.1, -0.05) is 5.92 Å². The normalized spacial score (nSPS) is 22.3. The fraction of sp³-hybridized carbons (Fsp3) is 0.667. The van der Waals surface area contributed by atoms with E-state index in [-0.39, 0.29) is 5.91 Å². The molecule has 3 nitrogen and oxygen atoms in total. The van der Waals surface area contributed by atoms with Crippen LogP contribution in [0.15, 0.2) is 0 Å². The van der Waals surface area contributed by atoms with Crippen molar-refractivity contribution in [2.24, 2.45) is 0 Å². The van der Waals surface area contributed by atoms with Gasteiger partial charge in [-0.2, -0.15) is 0 Å². The summed E-state index contributed by atoms with van der Waals surface area (Å²) in [6, 6.07) is 0.295. The van der Waals surface area contributed by atoms with Gasteiger partial charge in [0.25, 0.3) is 0 Å². The number of likely N-dealkylation sites (tertiary alicyclic amines) is 1. The number of likely N-dealkylation sites (N-methyl/N-ethyl adjacent to an activating group) is 1. The van der Waals surface area contributed by atoms with Gasteiger partial charge in [0.2, 0.25) is 5.91 Å². The molecule has 1 saturated heterocycles. The molecule has 1 N–H and O–H groups in total. The fourth-order valence-corrected chi connectivity index (χ4v) is 1.28. The fourth-order valence-electron chi connectivity index (χ4n) is 1.28. The number of amides is 1. The lowest BCUT2D eigenvalue weighted by molar-refractivity contribution is -0.126. The summed E-state index contributed by atoms with van der Waals surface area (Å²) in [5.41, 5.74) is 0. The molecule has 0 saturated carbocycles. The Kier molecular flexibility index (Phi) is 3.12. The van der Waals surface area contributed by atoms with Crippen LogP contribution in [0, 0.1) is 11.8 Å². The number of rotatable bonds is 2. The third-order valence-electron chi connectivity index (χ3n) is 2.00. The van der Waals surface area contributed by atoms with Gasteiger partial charge in [0.15, 0.2) is 0 Å². The van der Waals surface area contributed by atoms with E-state index in [9.17, 15) is 4.79 Å². The summed E-state index contributed by atoms with van der Waals surface area (Å²) in [5, 5.41) is 3.21. The molecule has 1 unspecified atom stereocenters. The Bertz CT molecular complexity index is 226. The molecule has 3 heteroatoms. The van der Waals surface area contributed by atoms with Gasteiger partial charge in [-0.15, -0.1) is 5.92 Å². The van der Waals surface area contributed by atoms with E-state index in [4.69, 9.17) is 0 Å².